The molecule has 3 nitrogen and oxygen atoms in total. The maximum Gasteiger partial charge on any atom is 0.206 e. The third kappa shape index (κ3) is 3.89. The number of aryl methyl sites for hydroxylation is 2. The molecule has 5 heteroatoms. The van der Waals surface area contributed by atoms with Crippen molar-refractivity contribution >= 4 is 17.6 Å². The van der Waals surface area contributed by atoms with Gasteiger partial charge in [-0.3, -0.25) is 4.99 Å². The SMILES string of the molecule is C=CCN=c1scc(-c2ccccc2F)n1N=Cc1ccc(C)cc1C. The molecule has 0 aliphatic heterocycles. The third-order valence-corrected chi connectivity index (χ3v) is 4.78. The lowest BCUT2D eigenvalue weighted by Crippen LogP contribution is -2.13. The molecule has 0 aliphatic rings. The minimum absolute atomic E-state index is 0.281. The summed E-state index contributed by atoms with van der Waals surface area (Å²) < 4.78 is 16.0. The van der Waals surface area contributed by atoms with Gasteiger partial charge in [0, 0.05) is 10.9 Å². The van der Waals surface area contributed by atoms with E-state index < -0.39 is 0 Å². The fraction of sp³-hybridized carbons (Fsp3) is 0.143. The van der Waals surface area contributed by atoms with Gasteiger partial charge in [-0.05, 0) is 37.1 Å². The normalized spacial score (nSPS) is 12.0. The number of halogens is 1. The standard InChI is InChI=1S/C21H20FN3S/c1-4-11-23-21-25(24-13-17-10-9-15(2)12-16(17)3)20(14-26-21)18-7-5-6-8-19(18)22/h4-10,12-14H,1,11H2,2-3H3. The minimum atomic E-state index is -0.281. The van der Waals surface area contributed by atoms with Gasteiger partial charge < -0.3 is 0 Å². The molecule has 2 aromatic carbocycles. The highest BCUT2D eigenvalue weighted by molar-refractivity contribution is 7.07. The first-order chi connectivity index (χ1) is 12.6. The molecule has 26 heavy (non-hydrogen) atoms. The van der Waals surface area contributed by atoms with Gasteiger partial charge in [0.1, 0.15) is 5.82 Å². The van der Waals surface area contributed by atoms with Crippen LogP contribution in [0.3, 0.4) is 0 Å². The van der Waals surface area contributed by atoms with Crippen LogP contribution < -0.4 is 4.80 Å². The zero-order valence-corrected chi connectivity index (χ0v) is 15.6. The van der Waals surface area contributed by atoms with E-state index in [1.54, 1.807) is 29.1 Å². The molecule has 0 amide bonds. The Hall–Kier alpha value is -2.79. The lowest BCUT2D eigenvalue weighted by molar-refractivity contribution is 0.629. The first-order valence-electron chi connectivity index (χ1n) is 8.28. The van der Waals surface area contributed by atoms with E-state index >= 15 is 0 Å². The molecular formula is C21H20FN3S. The van der Waals surface area contributed by atoms with Gasteiger partial charge in [-0.15, -0.1) is 17.9 Å². The number of hydrogen-bond donors (Lipinski definition) is 0. The molecule has 132 valence electrons. The van der Waals surface area contributed by atoms with Gasteiger partial charge in [0.05, 0.1) is 18.5 Å². The summed E-state index contributed by atoms with van der Waals surface area (Å²) in [6, 6.07) is 12.9. The number of rotatable bonds is 5. The molecule has 0 saturated carbocycles. The average Bonchev–Trinajstić information content (AvgIpc) is 3.02. The van der Waals surface area contributed by atoms with E-state index in [9.17, 15) is 4.39 Å². The van der Waals surface area contributed by atoms with Crippen molar-refractivity contribution in [3.05, 3.63) is 87.8 Å². The van der Waals surface area contributed by atoms with Gasteiger partial charge in [0.2, 0.25) is 4.80 Å². The highest BCUT2D eigenvalue weighted by Crippen LogP contribution is 2.23. The number of aromatic nitrogens is 1. The molecule has 1 heterocycles. The quantitative estimate of drug-likeness (QED) is 0.453. The van der Waals surface area contributed by atoms with Crippen molar-refractivity contribution in [2.75, 3.05) is 6.54 Å². The molecule has 0 radical (unpaired) electrons. The fourth-order valence-electron chi connectivity index (χ4n) is 2.61. The van der Waals surface area contributed by atoms with E-state index in [4.69, 9.17) is 0 Å². The topological polar surface area (TPSA) is 29.6 Å². The number of thiazole rings is 1. The van der Waals surface area contributed by atoms with Crippen LogP contribution in [0.2, 0.25) is 0 Å². The van der Waals surface area contributed by atoms with Crippen LogP contribution >= 0.6 is 11.3 Å². The van der Waals surface area contributed by atoms with E-state index in [0.29, 0.717) is 22.6 Å². The number of hydrogen-bond acceptors (Lipinski definition) is 3. The number of benzene rings is 2. The van der Waals surface area contributed by atoms with Crippen molar-refractivity contribution in [2.45, 2.75) is 13.8 Å². The molecule has 0 N–H and O–H groups in total. The van der Waals surface area contributed by atoms with Gasteiger partial charge >= 0.3 is 0 Å². The Morgan fingerprint density at radius 1 is 1.19 bits per heavy atom. The molecular weight excluding hydrogens is 345 g/mol. The van der Waals surface area contributed by atoms with Crippen molar-refractivity contribution in [1.29, 1.82) is 0 Å². The van der Waals surface area contributed by atoms with Gasteiger partial charge in [0.15, 0.2) is 0 Å². The lowest BCUT2D eigenvalue weighted by Gasteiger charge is -2.05. The maximum absolute atomic E-state index is 14.3. The summed E-state index contributed by atoms with van der Waals surface area (Å²) in [5.41, 5.74) is 4.54. The predicted molar refractivity (Wildman–Crippen MR) is 107 cm³/mol. The largest absolute Gasteiger partial charge is 0.253 e. The smallest absolute Gasteiger partial charge is 0.206 e. The summed E-state index contributed by atoms with van der Waals surface area (Å²) in [5.74, 6) is -0.281. The average molecular weight is 365 g/mol. The second kappa shape index (κ2) is 8.06. The number of nitrogens with zero attached hydrogens (tertiary/aromatic N) is 3. The Bertz CT molecular complexity index is 1030. The second-order valence-electron chi connectivity index (χ2n) is 5.93. The molecule has 0 saturated heterocycles. The van der Waals surface area contributed by atoms with Gasteiger partial charge in [0.25, 0.3) is 0 Å². The molecule has 3 rings (SSSR count). The minimum Gasteiger partial charge on any atom is -0.253 e. The van der Waals surface area contributed by atoms with Crippen molar-refractivity contribution in [3.63, 3.8) is 0 Å². The van der Waals surface area contributed by atoms with Crippen LogP contribution in [-0.4, -0.2) is 17.4 Å². The Labute approximate surface area is 156 Å². The van der Waals surface area contributed by atoms with Crippen molar-refractivity contribution < 1.29 is 4.39 Å². The fourth-order valence-corrected chi connectivity index (χ4v) is 3.45. The second-order valence-corrected chi connectivity index (χ2v) is 6.77. The highest BCUT2D eigenvalue weighted by atomic mass is 32.1. The van der Waals surface area contributed by atoms with E-state index in [1.807, 2.05) is 30.5 Å². The van der Waals surface area contributed by atoms with Crippen LogP contribution in [-0.2, 0) is 0 Å². The molecule has 0 bridgehead atoms. The molecule has 1 aromatic heterocycles. The van der Waals surface area contributed by atoms with Gasteiger partial charge in [-0.25, -0.2) is 9.07 Å². The predicted octanol–water partition coefficient (Wildman–Crippen LogP) is 4.94. The van der Waals surface area contributed by atoms with Gasteiger partial charge in [-0.1, -0.05) is 42.0 Å². The van der Waals surface area contributed by atoms with Gasteiger partial charge in [-0.2, -0.15) is 5.10 Å². The Morgan fingerprint density at radius 3 is 2.73 bits per heavy atom. The molecule has 0 aliphatic carbocycles. The van der Waals surface area contributed by atoms with E-state index in [-0.39, 0.29) is 5.82 Å². The lowest BCUT2D eigenvalue weighted by atomic mass is 10.1. The Balaban J connectivity index is 2.12. The van der Waals surface area contributed by atoms with E-state index in [1.165, 1.54) is 23.0 Å². The van der Waals surface area contributed by atoms with Crippen LogP contribution in [0.25, 0.3) is 11.3 Å². The summed E-state index contributed by atoms with van der Waals surface area (Å²) in [5, 5.41) is 6.48. The van der Waals surface area contributed by atoms with Crippen molar-refractivity contribution in [2.24, 2.45) is 10.1 Å². The van der Waals surface area contributed by atoms with Crippen molar-refractivity contribution in [1.82, 2.24) is 4.68 Å². The van der Waals surface area contributed by atoms with Crippen LogP contribution in [0.4, 0.5) is 4.39 Å². The Kier molecular flexibility index (Phi) is 5.58. The molecule has 0 spiro atoms. The molecule has 3 aromatic rings. The van der Waals surface area contributed by atoms with E-state index in [2.05, 4.69) is 29.7 Å². The summed E-state index contributed by atoms with van der Waals surface area (Å²) in [6.07, 6.45) is 3.51. The highest BCUT2D eigenvalue weighted by Gasteiger charge is 2.11. The maximum atomic E-state index is 14.3. The van der Waals surface area contributed by atoms with Crippen LogP contribution in [0, 0.1) is 19.7 Å². The van der Waals surface area contributed by atoms with Crippen LogP contribution in [0.5, 0.6) is 0 Å². The zero-order chi connectivity index (χ0) is 18.5. The van der Waals surface area contributed by atoms with Crippen LogP contribution in [0.15, 0.2) is 70.6 Å². The monoisotopic (exact) mass is 365 g/mol. The van der Waals surface area contributed by atoms with Crippen LogP contribution in [0.1, 0.15) is 16.7 Å². The summed E-state index contributed by atoms with van der Waals surface area (Å²) in [7, 11) is 0. The zero-order valence-electron chi connectivity index (χ0n) is 14.8. The summed E-state index contributed by atoms with van der Waals surface area (Å²) in [6.45, 7) is 8.29. The summed E-state index contributed by atoms with van der Waals surface area (Å²) >= 11 is 1.43. The summed E-state index contributed by atoms with van der Waals surface area (Å²) in [4.78, 5) is 5.17. The first-order valence-corrected chi connectivity index (χ1v) is 9.16. The first kappa shape index (κ1) is 18.0. The molecule has 0 unspecified atom stereocenters. The third-order valence-electron chi connectivity index (χ3n) is 3.93. The molecule has 0 fully saturated rings. The van der Waals surface area contributed by atoms with Crippen molar-refractivity contribution in [3.8, 4) is 11.3 Å². The molecule has 0 atom stereocenters. The Morgan fingerprint density at radius 2 is 2.00 bits per heavy atom. The van der Waals surface area contributed by atoms with E-state index in [0.717, 1.165) is 11.1 Å².